The molecule has 0 atom stereocenters. The lowest BCUT2D eigenvalue weighted by Crippen LogP contribution is -2.14. The number of aryl methyl sites for hydroxylation is 1. The number of nitro benzene ring substituents is 1. The van der Waals surface area contributed by atoms with Crippen molar-refractivity contribution in [1.82, 2.24) is 0 Å². The van der Waals surface area contributed by atoms with E-state index < -0.39 is 14.9 Å². The molecule has 2 rings (SSSR count). The van der Waals surface area contributed by atoms with Crippen LogP contribution < -0.4 is 9.46 Å². The standard InChI is InChI=1S/C14H14N2O5S/c1-10-4-3-5-12(8-10)22(19,20)15-13-7-6-11(21-2)9-14(13)16(17)18/h3-9,15H,1-2H3. The molecule has 0 fully saturated rings. The first-order valence-corrected chi connectivity index (χ1v) is 7.74. The highest BCUT2D eigenvalue weighted by atomic mass is 32.2. The quantitative estimate of drug-likeness (QED) is 0.674. The molecule has 0 heterocycles. The van der Waals surface area contributed by atoms with Gasteiger partial charge < -0.3 is 4.74 Å². The molecule has 0 bridgehead atoms. The number of nitrogens with one attached hydrogen (secondary N) is 1. The predicted molar refractivity (Wildman–Crippen MR) is 81.6 cm³/mol. The second kappa shape index (κ2) is 6.02. The highest BCUT2D eigenvalue weighted by Crippen LogP contribution is 2.30. The summed E-state index contributed by atoms with van der Waals surface area (Å²) in [4.78, 5) is 10.5. The summed E-state index contributed by atoms with van der Waals surface area (Å²) in [7, 11) is -2.54. The molecule has 0 amide bonds. The largest absolute Gasteiger partial charge is 0.496 e. The van der Waals surface area contributed by atoms with Crippen LogP contribution in [0.4, 0.5) is 11.4 Å². The summed E-state index contributed by atoms with van der Waals surface area (Å²) in [5.74, 6) is 0.269. The van der Waals surface area contributed by atoms with Crippen LogP contribution in [-0.4, -0.2) is 20.5 Å². The average molecular weight is 322 g/mol. The molecule has 0 aliphatic heterocycles. The summed E-state index contributed by atoms with van der Waals surface area (Å²) >= 11 is 0. The molecule has 1 N–H and O–H groups in total. The molecular formula is C14H14N2O5S. The molecule has 0 aliphatic rings. The molecule has 116 valence electrons. The number of sulfonamides is 1. The molecule has 0 aliphatic carbocycles. The topological polar surface area (TPSA) is 98.5 Å². The van der Waals surface area contributed by atoms with Crippen LogP contribution in [0.2, 0.25) is 0 Å². The number of hydrogen-bond donors (Lipinski definition) is 1. The average Bonchev–Trinajstić information content (AvgIpc) is 2.47. The van der Waals surface area contributed by atoms with Gasteiger partial charge in [0.2, 0.25) is 0 Å². The molecule has 8 heteroatoms. The second-order valence-corrected chi connectivity index (χ2v) is 6.24. The lowest BCUT2D eigenvalue weighted by atomic mass is 10.2. The highest BCUT2D eigenvalue weighted by Gasteiger charge is 2.21. The first kappa shape index (κ1) is 15.8. The molecule has 0 aromatic heterocycles. The predicted octanol–water partition coefficient (Wildman–Crippen LogP) is 2.71. The second-order valence-electron chi connectivity index (χ2n) is 4.56. The lowest BCUT2D eigenvalue weighted by Gasteiger charge is -2.10. The van der Waals surface area contributed by atoms with Gasteiger partial charge in [-0.25, -0.2) is 8.42 Å². The number of hydrogen-bond acceptors (Lipinski definition) is 5. The van der Waals surface area contributed by atoms with Crippen LogP contribution in [0.3, 0.4) is 0 Å². The van der Waals surface area contributed by atoms with Crippen LogP contribution in [0.5, 0.6) is 5.75 Å². The molecular weight excluding hydrogens is 308 g/mol. The van der Waals surface area contributed by atoms with Gasteiger partial charge >= 0.3 is 0 Å². The summed E-state index contributed by atoms with van der Waals surface area (Å²) in [5.41, 5.74) is 0.273. The summed E-state index contributed by atoms with van der Waals surface area (Å²) in [5, 5.41) is 11.1. The third-order valence-corrected chi connectivity index (χ3v) is 4.31. The fraction of sp³-hybridized carbons (Fsp3) is 0.143. The van der Waals surface area contributed by atoms with Crippen LogP contribution in [0, 0.1) is 17.0 Å². The maximum atomic E-state index is 12.3. The van der Waals surface area contributed by atoms with E-state index in [4.69, 9.17) is 4.74 Å². The van der Waals surface area contributed by atoms with Crippen LogP contribution in [0.1, 0.15) is 5.56 Å². The molecule has 2 aromatic rings. The van der Waals surface area contributed by atoms with Crippen LogP contribution in [0.25, 0.3) is 0 Å². The Hall–Kier alpha value is -2.61. The maximum absolute atomic E-state index is 12.3. The minimum Gasteiger partial charge on any atom is -0.496 e. The van der Waals surface area contributed by atoms with Crippen molar-refractivity contribution in [2.45, 2.75) is 11.8 Å². The lowest BCUT2D eigenvalue weighted by molar-refractivity contribution is -0.384. The van der Waals surface area contributed by atoms with Gasteiger partial charge in [-0.05, 0) is 36.8 Å². The number of methoxy groups -OCH3 is 1. The Morgan fingerprint density at radius 3 is 2.50 bits per heavy atom. The third kappa shape index (κ3) is 3.34. The first-order chi connectivity index (χ1) is 10.3. The summed E-state index contributed by atoms with van der Waals surface area (Å²) in [6, 6.07) is 10.2. The molecule has 7 nitrogen and oxygen atoms in total. The van der Waals surface area contributed by atoms with Crippen molar-refractivity contribution in [3.63, 3.8) is 0 Å². The van der Waals surface area contributed by atoms with Crippen molar-refractivity contribution in [2.75, 3.05) is 11.8 Å². The molecule has 0 radical (unpaired) electrons. The van der Waals surface area contributed by atoms with E-state index in [2.05, 4.69) is 4.72 Å². The minimum absolute atomic E-state index is 0.0395. The van der Waals surface area contributed by atoms with Gasteiger partial charge in [-0.15, -0.1) is 0 Å². The SMILES string of the molecule is COc1ccc(NS(=O)(=O)c2cccc(C)c2)c([N+](=O)[O-])c1. The van der Waals surface area contributed by atoms with Gasteiger partial charge in [0.25, 0.3) is 15.7 Å². The Balaban J connectivity index is 2.44. The van der Waals surface area contributed by atoms with Crippen molar-refractivity contribution in [3.05, 3.63) is 58.1 Å². The Kier molecular flexibility index (Phi) is 4.32. The zero-order valence-corrected chi connectivity index (χ0v) is 12.8. The molecule has 0 saturated heterocycles. The van der Waals surface area contributed by atoms with Gasteiger partial charge in [0.15, 0.2) is 0 Å². The molecule has 0 spiro atoms. The summed E-state index contributed by atoms with van der Waals surface area (Å²) < 4.78 is 31.8. The fourth-order valence-electron chi connectivity index (χ4n) is 1.86. The van der Waals surface area contributed by atoms with E-state index >= 15 is 0 Å². The van der Waals surface area contributed by atoms with Crippen molar-refractivity contribution >= 4 is 21.4 Å². The van der Waals surface area contributed by atoms with E-state index in [-0.39, 0.29) is 22.0 Å². The number of nitrogens with zero attached hydrogens (tertiary/aromatic N) is 1. The minimum atomic E-state index is -3.91. The Bertz CT molecular complexity index is 818. The smallest absolute Gasteiger partial charge is 0.297 e. The van der Waals surface area contributed by atoms with Gasteiger partial charge in [-0.1, -0.05) is 12.1 Å². The zero-order chi connectivity index (χ0) is 16.3. The Morgan fingerprint density at radius 1 is 1.18 bits per heavy atom. The monoisotopic (exact) mass is 322 g/mol. The number of anilines is 1. The maximum Gasteiger partial charge on any atom is 0.297 e. The normalized spacial score (nSPS) is 11.0. The van der Waals surface area contributed by atoms with Crippen molar-refractivity contribution in [3.8, 4) is 5.75 Å². The van der Waals surface area contributed by atoms with Gasteiger partial charge in [-0.3, -0.25) is 14.8 Å². The van der Waals surface area contributed by atoms with Gasteiger partial charge in [0.1, 0.15) is 11.4 Å². The Labute approximate surface area is 127 Å². The summed E-state index contributed by atoms with van der Waals surface area (Å²) in [6.45, 7) is 1.76. The van der Waals surface area contributed by atoms with Crippen molar-refractivity contribution in [2.24, 2.45) is 0 Å². The number of nitro groups is 1. The molecule has 2 aromatic carbocycles. The van der Waals surface area contributed by atoms with E-state index in [1.807, 2.05) is 0 Å². The van der Waals surface area contributed by atoms with E-state index in [9.17, 15) is 18.5 Å². The fourth-order valence-corrected chi connectivity index (χ4v) is 3.04. The van der Waals surface area contributed by atoms with E-state index in [1.165, 1.54) is 31.4 Å². The van der Waals surface area contributed by atoms with Crippen LogP contribution in [-0.2, 0) is 10.0 Å². The van der Waals surface area contributed by atoms with E-state index in [1.54, 1.807) is 19.1 Å². The number of benzene rings is 2. The van der Waals surface area contributed by atoms with E-state index in [0.717, 1.165) is 11.6 Å². The van der Waals surface area contributed by atoms with Crippen LogP contribution in [0.15, 0.2) is 47.4 Å². The summed E-state index contributed by atoms with van der Waals surface area (Å²) in [6.07, 6.45) is 0. The number of rotatable bonds is 5. The van der Waals surface area contributed by atoms with Crippen molar-refractivity contribution < 1.29 is 18.1 Å². The van der Waals surface area contributed by atoms with E-state index in [0.29, 0.717) is 0 Å². The van der Waals surface area contributed by atoms with Gasteiger partial charge in [-0.2, -0.15) is 0 Å². The molecule has 22 heavy (non-hydrogen) atoms. The third-order valence-electron chi connectivity index (χ3n) is 2.95. The molecule has 0 unspecified atom stereocenters. The van der Waals surface area contributed by atoms with Gasteiger partial charge in [0, 0.05) is 0 Å². The number of ether oxygens (including phenoxy) is 1. The zero-order valence-electron chi connectivity index (χ0n) is 11.9. The highest BCUT2D eigenvalue weighted by molar-refractivity contribution is 7.92. The van der Waals surface area contributed by atoms with Gasteiger partial charge in [0.05, 0.1) is 23.0 Å². The Morgan fingerprint density at radius 2 is 1.91 bits per heavy atom. The first-order valence-electron chi connectivity index (χ1n) is 6.25. The molecule has 0 saturated carbocycles. The van der Waals surface area contributed by atoms with Crippen molar-refractivity contribution in [1.29, 1.82) is 0 Å². The van der Waals surface area contributed by atoms with Crippen LogP contribution >= 0.6 is 0 Å².